The monoisotopic (exact) mass is 399 g/mol. The maximum absolute atomic E-state index is 13.3. The van der Waals surface area contributed by atoms with E-state index in [1.807, 2.05) is 24.8 Å². The third-order valence-corrected chi connectivity index (χ3v) is 6.38. The molecule has 0 atom stereocenters. The molecule has 0 spiro atoms. The third kappa shape index (κ3) is 3.20. The number of benzene rings is 1. The summed E-state index contributed by atoms with van der Waals surface area (Å²) in [6, 6.07) is 8.34. The van der Waals surface area contributed by atoms with Crippen LogP contribution in [-0.4, -0.2) is 41.6 Å². The van der Waals surface area contributed by atoms with Crippen LogP contribution in [0.15, 0.2) is 41.3 Å². The molecule has 1 aromatic carbocycles. The van der Waals surface area contributed by atoms with Gasteiger partial charge in [0.1, 0.15) is 5.82 Å². The number of hydrogen-bond acceptors (Lipinski definition) is 4. The van der Waals surface area contributed by atoms with Crippen LogP contribution in [0.1, 0.15) is 22.2 Å². The van der Waals surface area contributed by atoms with Gasteiger partial charge in [0.15, 0.2) is 0 Å². The number of carbonyl (C=O) groups is 1. The van der Waals surface area contributed by atoms with Gasteiger partial charge in [0.25, 0.3) is 11.5 Å². The van der Waals surface area contributed by atoms with Crippen LogP contribution in [0.2, 0.25) is 0 Å². The fraction of sp³-hybridized carbons (Fsp3) is 0.333. The van der Waals surface area contributed by atoms with E-state index in [9.17, 15) is 14.0 Å². The van der Waals surface area contributed by atoms with Crippen LogP contribution in [-0.2, 0) is 6.54 Å². The first-order valence-electron chi connectivity index (χ1n) is 9.42. The number of fused-ring (bicyclic) bond motifs is 1. The highest BCUT2D eigenvalue weighted by Crippen LogP contribution is 2.30. The molecule has 0 unspecified atom stereocenters. The first-order valence-corrected chi connectivity index (χ1v) is 10.2. The molecular weight excluding hydrogens is 377 g/mol. The van der Waals surface area contributed by atoms with Gasteiger partial charge in [0.2, 0.25) is 0 Å². The topological polar surface area (TPSA) is 45.6 Å². The lowest BCUT2D eigenvalue weighted by Gasteiger charge is -2.36. The summed E-state index contributed by atoms with van der Waals surface area (Å²) in [6.07, 6.45) is 1.79. The highest BCUT2D eigenvalue weighted by molar-refractivity contribution is 7.19. The lowest BCUT2D eigenvalue weighted by Crippen LogP contribution is -2.49. The minimum Gasteiger partial charge on any atom is -0.368 e. The van der Waals surface area contributed by atoms with Gasteiger partial charge in [-0.15, -0.1) is 11.3 Å². The molecule has 2 aromatic heterocycles. The number of pyridine rings is 1. The molecular formula is C21H22FN3O2S. The van der Waals surface area contributed by atoms with E-state index in [2.05, 4.69) is 4.90 Å². The number of amides is 1. The van der Waals surface area contributed by atoms with Crippen molar-refractivity contribution in [3.8, 4) is 0 Å². The Morgan fingerprint density at radius 1 is 1.11 bits per heavy atom. The third-order valence-electron chi connectivity index (χ3n) is 5.31. The number of aryl methyl sites for hydroxylation is 2. The Morgan fingerprint density at radius 2 is 1.79 bits per heavy atom. The molecule has 1 fully saturated rings. The lowest BCUT2D eigenvalue weighted by atomic mass is 10.1. The molecule has 0 bridgehead atoms. The highest BCUT2D eigenvalue weighted by Gasteiger charge is 2.27. The molecule has 1 aliphatic rings. The molecule has 0 saturated carbocycles. The molecule has 4 rings (SSSR count). The van der Waals surface area contributed by atoms with Crippen molar-refractivity contribution in [2.75, 3.05) is 31.1 Å². The Labute approximate surface area is 166 Å². The summed E-state index contributed by atoms with van der Waals surface area (Å²) in [5.41, 5.74) is 1.40. The summed E-state index contributed by atoms with van der Waals surface area (Å²) in [4.78, 5) is 30.9. The van der Waals surface area contributed by atoms with Gasteiger partial charge >= 0.3 is 0 Å². The van der Waals surface area contributed by atoms with Crippen molar-refractivity contribution in [1.29, 1.82) is 0 Å². The highest BCUT2D eigenvalue weighted by atomic mass is 32.1. The van der Waals surface area contributed by atoms with Crippen molar-refractivity contribution in [3.05, 3.63) is 63.1 Å². The quantitative estimate of drug-likeness (QED) is 0.677. The Balaban J connectivity index is 1.58. The van der Waals surface area contributed by atoms with Crippen LogP contribution in [0, 0.1) is 12.7 Å². The van der Waals surface area contributed by atoms with Crippen molar-refractivity contribution < 1.29 is 9.18 Å². The van der Waals surface area contributed by atoms with Gasteiger partial charge in [-0.25, -0.2) is 4.39 Å². The number of piperazine rings is 1. The van der Waals surface area contributed by atoms with Crippen molar-refractivity contribution in [1.82, 2.24) is 9.47 Å². The first-order chi connectivity index (χ1) is 13.5. The number of carbonyl (C=O) groups excluding carboxylic acids is 1. The zero-order valence-corrected chi connectivity index (χ0v) is 16.8. The van der Waals surface area contributed by atoms with Crippen LogP contribution in [0.4, 0.5) is 10.1 Å². The van der Waals surface area contributed by atoms with E-state index in [4.69, 9.17) is 0 Å². The number of hydrogen-bond donors (Lipinski definition) is 0. The van der Waals surface area contributed by atoms with E-state index in [0.29, 0.717) is 43.7 Å². The predicted molar refractivity (Wildman–Crippen MR) is 111 cm³/mol. The van der Waals surface area contributed by atoms with Gasteiger partial charge in [-0.1, -0.05) is 0 Å². The van der Waals surface area contributed by atoms with E-state index in [1.54, 1.807) is 22.9 Å². The molecule has 28 heavy (non-hydrogen) atoms. The number of anilines is 1. The standard InChI is InChI=1S/C21H22FN3O2S/c1-3-23-9-8-17-19(21(23)27)18(14(2)28-17)20(26)25-12-10-24(11-13-25)16-6-4-15(22)5-7-16/h4-9H,3,10-13H2,1-2H3. The maximum atomic E-state index is 13.3. The zero-order chi connectivity index (χ0) is 19.8. The van der Waals surface area contributed by atoms with Gasteiger partial charge in [0, 0.05) is 54.2 Å². The summed E-state index contributed by atoms with van der Waals surface area (Å²) in [6.45, 7) is 6.90. The largest absolute Gasteiger partial charge is 0.368 e. The molecule has 3 aromatic rings. The molecule has 0 radical (unpaired) electrons. The lowest BCUT2D eigenvalue weighted by molar-refractivity contribution is 0.0748. The van der Waals surface area contributed by atoms with E-state index >= 15 is 0 Å². The molecule has 5 nitrogen and oxygen atoms in total. The molecule has 0 N–H and O–H groups in total. The summed E-state index contributed by atoms with van der Waals surface area (Å²) < 4.78 is 15.6. The summed E-state index contributed by atoms with van der Waals surface area (Å²) in [7, 11) is 0. The van der Waals surface area contributed by atoms with Crippen molar-refractivity contribution in [3.63, 3.8) is 0 Å². The summed E-state index contributed by atoms with van der Waals surface area (Å²) in [5, 5.41) is 0.540. The zero-order valence-electron chi connectivity index (χ0n) is 15.9. The molecule has 1 aliphatic heterocycles. The van der Waals surface area contributed by atoms with Crippen LogP contribution < -0.4 is 10.5 Å². The van der Waals surface area contributed by atoms with E-state index in [-0.39, 0.29) is 17.3 Å². The Morgan fingerprint density at radius 3 is 2.43 bits per heavy atom. The number of rotatable bonds is 3. The van der Waals surface area contributed by atoms with Crippen LogP contribution in [0.3, 0.4) is 0 Å². The number of thiophene rings is 1. The van der Waals surface area contributed by atoms with E-state index < -0.39 is 0 Å². The van der Waals surface area contributed by atoms with Gasteiger partial charge < -0.3 is 14.4 Å². The summed E-state index contributed by atoms with van der Waals surface area (Å²) in [5.74, 6) is -0.330. The second kappa shape index (κ2) is 7.39. The van der Waals surface area contributed by atoms with Gasteiger partial charge in [-0.3, -0.25) is 9.59 Å². The van der Waals surface area contributed by atoms with Crippen molar-refractivity contribution in [2.24, 2.45) is 0 Å². The number of aromatic nitrogens is 1. The molecule has 0 aliphatic carbocycles. The average molecular weight is 399 g/mol. The predicted octanol–water partition coefficient (Wildman–Crippen LogP) is 3.49. The minimum atomic E-state index is -0.255. The normalized spacial score (nSPS) is 14.7. The molecule has 146 valence electrons. The fourth-order valence-electron chi connectivity index (χ4n) is 3.75. The SMILES string of the molecule is CCn1ccc2sc(C)c(C(=O)N3CCN(c4ccc(F)cc4)CC3)c2c1=O. The second-order valence-corrected chi connectivity index (χ2v) is 8.19. The number of nitrogens with zero attached hydrogens (tertiary/aromatic N) is 3. The van der Waals surface area contributed by atoms with Gasteiger partial charge in [-0.05, 0) is 44.2 Å². The average Bonchev–Trinajstić information content (AvgIpc) is 3.05. The van der Waals surface area contributed by atoms with Crippen molar-refractivity contribution in [2.45, 2.75) is 20.4 Å². The van der Waals surface area contributed by atoms with Crippen molar-refractivity contribution >= 4 is 33.0 Å². The van der Waals surface area contributed by atoms with E-state index in [0.717, 1.165) is 15.3 Å². The summed E-state index contributed by atoms with van der Waals surface area (Å²) >= 11 is 1.50. The maximum Gasteiger partial charge on any atom is 0.260 e. The van der Waals surface area contributed by atoms with Crippen LogP contribution in [0.25, 0.3) is 10.1 Å². The number of halogens is 1. The molecule has 7 heteroatoms. The van der Waals surface area contributed by atoms with Gasteiger partial charge in [0.05, 0.1) is 10.9 Å². The first kappa shape index (κ1) is 18.7. The van der Waals surface area contributed by atoms with Crippen LogP contribution >= 0.6 is 11.3 Å². The second-order valence-electron chi connectivity index (χ2n) is 6.94. The van der Waals surface area contributed by atoms with Gasteiger partial charge in [-0.2, -0.15) is 0 Å². The Bertz CT molecular complexity index is 1080. The Hall–Kier alpha value is -2.67. The Kier molecular flexibility index (Phi) is 4.93. The van der Waals surface area contributed by atoms with E-state index in [1.165, 1.54) is 23.5 Å². The minimum absolute atomic E-state index is 0.0755. The van der Waals surface area contributed by atoms with Crippen LogP contribution in [0.5, 0.6) is 0 Å². The molecule has 1 amide bonds. The molecule has 3 heterocycles. The molecule has 1 saturated heterocycles. The fourth-order valence-corrected chi connectivity index (χ4v) is 4.79. The smallest absolute Gasteiger partial charge is 0.260 e.